The maximum absolute atomic E-state index is 13.5. The lowest BCUT2D eigenvalue weighted by Gasteiger charge is -2.29. The van der Waals surface area contributed by atoms with Gasteiger partial charge in [0.1, 0.15) is 11.1 Å². The van der Waals surface area contributed by atoms with Crippen molar-refractivity contribution in [3.8, 4) is 0 Å². The number of aliphatic hydroxyl groups is 3. The quantitative estimate of drug-likeness (QED) is 0.614. The number of nitrogens with one attached hydrogen (secondary N) is 1. The van der Waals surface area contributed by atoms with Crippen LogP contribution in [0.1, 0.15) is 56.0 Å². The van der Waals surface area contributed by atoms with Crippen LogP contribution >= 0.6 is 0 Å². The molecule has 2 aromatic rings. The monoisotopic (exact) mass is 374 g/mol. The van der Waals surface area contributed by atoms with Crippen molar-refractivity contribution in [3.05, 3.63) is 29.2 Å². The zero-order valence-electron chi connectivity index (χ0n) is 14.3. The van der Waals surface area contributed by atoms with Gasteiger partial charge in [-0.1, -0.05) is 13.8 Å². The standard InChI is InChI=1S/C17H21F3N2O4/c1-8(2)15-21-12-7-9(6-10(14(12)26-15)16(18,19)20)17(24,25)22-11-4-3-5-13(11)23/h6-8,11,13,22-25H,3-5H2,1-2H3. The smallest absolute Gasteiger partial charge is 0.420 e. The second-order valence-corrected chi connectivity index (χ2v) is 7.00. The van der Waals surface area contributed by atoms with Crippen LogP contribution in [0, 0.1) is 0 Å². The number of nitrogens with zero attached hydrogens (tertiary/aromatic N) is 1. The summed E-state index contributed by atoms with van der Waals surface area (Å²) >= 11 is 0. The van der Waals surface area contributed by atoms with Crippen LogP contribution in [0.5, 0.6) is 0 Å². The zero-order chi connectivity index (χ0) is 19.3. The number of halogens is 3. The molecular formula is C17H21F3N2O4. The number of hydrogen-bond donors (Lipinski definition) is 4. The van der Waals surface area contributed by atoms with E-state index in [0.717, 1.165) is 6.07 Å². The van der Waals surface area contributed by atoms with Crippen molar-refractivity contribution >= 4 is 11.1 Å². The van der Waals surface area contributed by atoms with Gasteiger partial charge in [0, 0.05) is 17.5 Å². The van der Waals surface area contributed by atoms with Gasteiger partial charge in [0.15, 0.2) is 11.5 Å². The topological polar surface area (TPSA) is 98.8 Å². The first-order valence-corrected chi connectivity index (χ1v) is 8.41. The van der Waals surface area contributed by atoms with Gasteiger partial charge in [-0.2, -0.15) is 13.2 Å². The average Bonchev–Trinajstić information content (AvgIpc) is 3.11. The molecule has 0 aliphatic heterocycles. The molecule has 1 aliphatic carbocycles. The van der Waals surface area contributed by atoms with E-state index in [1.165, 1.54) is 0 Å². The number of aromatic nitrogens is 1. The van der Waals surface area contributed by atoms with Gasteiger partial charge in [-0.05, 0) is 31.4 Å². The molecule has 0 radical (unpaired) electrons. The van der Waals surface area contributed by atoms with Crippen LogP contribution in [0.3, 0.4) is 0 Å². The van der Waals surface area contributed by atoms with E-state index in [1.54, 1.807) is 13.8 Å². The molecule has 9 heteroatoms. The molecule has 26 heavy (non-hydrogen) atoms. The minimum absolute atomic E-state index is 0.111. The van der Waals surface area contributed by atoms with Crippen LogP contribution in [-0.2, 0) is 12.1 Å². The molecule has 2 atom stereocenters. The maximum atomic E-state index is 13.5. The fraction of sp³-hybridized carbons (Fsp3) is 0.588. The number of oxazole rings is 1. The predicted octanol–water partition coefficient (Wildman–Crippen LogP) is 2.57. The lowest BCUT2D eigenvalue weighted by atomic mass is 10.0. The number of benzene rings is 1. The van der Waals surface area contributed by atoms with Crippen molar-refractivity contribution in [2.75, 3.05) is 0 Å². The van der Waals surface area contributed by atoms with E-state index in [9.17, 15) is 28.5 Å². The molecule has 1 aromatic heterocycles. The van der Waals surface area contributed by atoms with Crippen molar-refractivity contribution < 1.29 is 32.9 Å². The van der Waals surface area contributed by atoms with E-state index >= 15 is 0 Å². The molecule has 1 aromatic carbocycles. The molecule has 0 amide bonds. The minimum atomic E-state index is -4.76. The summed E-state index contributed by atoms with van der Waals surface area (Å²) in [4.78, 5) is 4.04. The molecule has 3 rings (SSSR count). The van der Waals surface area contributed by atoms with Gasteiger partial charge in [-0.3, -0.25) is 5.32 Å². The van der Waals surface area contributed by atoms with Crippen molar-refractivity contribution in [2.24, 2.45) is 0 Å². The largest absolute Gasteiger partial charge is 0.440 e. The number of hydrogen-bond acceptors (Lipinski definition) is 6. The Labute approximate surface area is 147 Å². The van der Waals surface area contributed by atoms with Crippen LogP contribution in [0.4, 0.5) is 13.2 Å². The van der Waals surface area contributed by atoms with Crippen LogP contribution in [-0.4, -0.2) is 32.4 Å². The van der Waals surface area contributed by atoms with Gasteiger partial charge in [-0.25, -0.2) is 4.98 Å². The lowest BCUT2D eigenvalue weighted by Crippen LogP contribution is -2.50. The van der Waals surface area contributed by atoms with E-state index < -0.39 is 40.9 Å². The van der Waals surface area contributed by atoms with Crippen molar-refractivity contribution in [3.63, 3.8) is 0 Å². The Bertz CT molecular complexity index is 801. The zero-order valence-corrected chi connectivity index (χ0v) is 14.3. The molecule has 2 unspecified atom stereocenters. The number of rotatable bonds is 4. The number of alkyl halides is 3. The SMILES string of the molecule is CC(C)c1nc2cc(C(O)(O)NC3CCCC3O)cc(C(F)(F)F)c2o1. The van der Waals surface area contributed by atoms with Crippen LogP contribution in [0.2, 0.25) is 0 Å². The molecular weight excluding hydrogens is 353 g/mol. The summed E-state index contributed by atoms with van der Waals surface area (Å²) in [7, 11) is 0. The third-order valence-electron chi connectivity index (χ3n) is 4.57. The van der Waals surface area contributed by atoms with E-state index in [-0.39, 0.29) is 17.3 Å². The van der Waals surface area contributed by atoms with Gasteiger partial charge < -0.3 is 19.7 Å². The number of fused-ring (bicyclic) bond motifs is 1. The van der Waals surface area contributed by atoms with Crippen LogP contribution < -0.4 is 5.32 Å². The molecule has 4 N–H and O–H groups in total. The Morgan fingerprint density at radius 2 is 1.92 bits per heavy atom. The molecule has 1 heterocycles. The van der Waals surface area contributed by atoms with E-state index in [4.69, 9.17) is 4.42 Å². The van der Waals surface area contributed by atoms with Gasteiger partial charge >= 0.3 is 6.18 Å². The van der Waals surface area contributed by atoms with Gasteiger partial charge in [-0.15, -0.1) is 0 Å². The summed E-state index contributed by atoms with van der Waals surface area (Å²) < 4.78 is 45.6. The third kappa shape index (κ3) is 3.57. The molecule has 1 fully saturated rings. The predicted molar refractivity (Wildman–Crippen MR) is 86.0 cm³/mol. The highest BCUT2D eigenvalue weighted by Gasteiger charge is 2.40. The summed E-state index contributed by atoms with van der Waals surface area (Å²) in [5.74, 6) is -2.85. The lowest BCUT2D eigenvalue weighted by molar-refractivity contribution is -0.205. The summed E-state index contributed by atoms with van der Waals surface area (Å²) in [6.07, 6.45) is -3.89. The van der Waals surface area contributed by atoms with Crippen molar-refractivity contribution in [1.29, 1.82) is 0 Å². The molecule has 1 saturated carbocycles. The maximum Gasteiger partial charge on any atom is 0.420 e. The molecule has 6 nitrogen and oxygen atoms in total. The van der Waals surface area contributed by atoms with Crippen molar-refractivity contribution in [2.45, 2.75) is 63.3 Å². The Morgan fingerprint density at radius 3 is 2.46 bits per heavy atom. The fourth-order valence-corrected chi connectivity index (χ4v) is 3.16. The molecule has 0 spiro atoms. The van der Waals surface area contributed by atoms with Crippen LogP contribution in [0.25, 0.3) is 11.1 Å². The van der Waals surface area contributed by atoms with E-state index in [2.05, 4.69) is 10.3 Å². The first-order valence-electron chi connectivity index (χ1n) is 8.41. The van der Waals surface area contributed by atoms with Crippen LogP contribution in [0.15, 0.2) is 16.5 Å². The third-order valence-corrected chi connectivity index (χ3v) is 4.57. The Hall–Kier alpha value is -1.68. The number of aliphatic hydroxyl groups excluding tert-OH is 1. The molecule has 0 bridgehead atoms. The highest BCUT2D eigenvalue weighted by Crippen LogP contribution is 2.38. The normalized spacial score (nSPS) is 21.9. The highest BCUT2D eigenvalue weighted by molar-refractivity contribution is 5.78. The Morgan fingerprint density at radius 1 is 1.23 bits per heavy atom. The highest BCUT2D eigenvalue weighted by atomic mass is 19.4. The van der Waals surface area contributed by atoms with E-state index in [1.807, 2.05) is 0 Å². The fourth-order valence-electron chi connectivity index (χ4n) is 3.16. The first kappa shape index (κ1) is 19.1. The Kier molecular flexibility index (Phi) is 4.76. The average molecular weight is 374 g/mol. The van der Waals surface area contributed by atoms with Gasteiger partial charge in [0.25, 0.3) is 5.91 Å². The molecule has 0 saturated heterocycles. The second-order valence-electron chi connectivity index (χ2n) is 7.00. The summed E-state index contributed by atoms with van der Waals surface area (Å²) in [5, 5.41) is 32.9. The van der Waals surface area contributed by atoms with Gasteiger partial charge in [0.05, 0.1) is 6.10 Å². The molecule has 1 aliphatic rings. The summed E-state index contributed by atoms with van der Waals surface area (Å²) in [6.45, 7) is 3.45. The van der Waals surface area contributed by atoms with Crippen molar-refractivity contribution in [1.82, 2.24) is 10.3 Å². The summed E-state index contributed by atoms with van der Waals surface area (Å²) in [6, 6.07) is 1.15. The minimum Gasteiger partial charge on any atom is -0.440 e. The summed E-state index contributed by atoms with van der Waals surface area (Å²) in [5.41, 5.74) is -2.10. The molecule has 144 valence electrons. The first-order chi connectivity index (χ1) is 12.0. The van der Waals surface area contributed by atoms with E-state index in [0.29, 0.717) is 25.3 Å². The Balaban J connectivity index is 2.07. The second kappa shape index (κ2) is 6.49. The van der Waals surface area contributed by atoms with Gasteiger partial charge in [0.2, 0.25) is 0 Å².